The zero-order valence-corrected chi connectivity index (χ0v) is 10.3. The van der Waals surface area contributed by atoms with Gasteiger partial charge >= 0.3 is 0 Å². The zero-order valence-electron chi connectivity index (χ0n) is 10.3. The largest absolute Gasteiger partial charge is 0.352 e. The van der Waals surface area contributed by atoms with Gasteiger partial charge in [0.1, 0.15) is 0 Å². The average Bonchev–Trinajstić information content (AvgIpc) is 2.91. The van der Waals surface area contributed by atoms with Gasteiger partial charge in [-0.05, 0) is 12.1 Å². The number of rotatable bonds is 4. The Hall–Kier alpha value is -2.21. The van der Waals surface area contributed by atoms with Gasteiger partial charge in [0.05, 0.1) is 0 Å². The molecule has 0 atom stereocenters. The zero-order chi connectivity index (χ0) is 13.1. The SMILES string of the molecule is O=C(NCC1CNC1)c1ccc(-c2ncon2)cc1. The number of aromatic nitrogens is 2. The quantitative estimate of drug-likeness (QED) is 0.843. The fourth-order valence-corrected chi connectivity index (χ4v) is 1.90. The Morgan fingerprint density at radius 2 is 2.16 bits per heavy atom. The van der Waals surface area contributed by atoms with Crippen LogP contribution in [-0.2, 0) is 0 Å². The third kappa shape index (κ3) is 2.63. The molecule has 1 aliphatic rings. The molecule has 2 aromatic rings. The van der Waals surface area contributed by atoms with E-state index >= 15 is 0 Å². The molecule has 0 radical (unpaired) electrons. The van der Waals surface area contributed by atoms with Crippen LogP contribution in [0, 0.1) is 5.92 Å². The summed E-state index contributed by atoms with van der Waals surface area (Å²) >= 11 is 0. The number of nitrogens with one attached hydrogen (secondary N) is 2. The second-order valence-electron chi connectivity index (χ2n) is 4.57. The molecule has 6 heteroatoms. The summed E-state index contributed by atoms with van der Waals surface area (Å²) in [6.07, 6.45) is 1.28. The van der Waals surface area contributed by atoms with E-state index in [0.29, 0.717) is 17.3 Å². The van der Waals surface area contributed by atoms with Crippen LogP contribution in [0.1, 0.15) is 10.4 Å². The second kappa shape index (κ2) is 5.19. The third-order valence-electron chi connectivity index (χ3n) is 3.18. The smallest absolute Gasteiger partial charge is 0.251 e. The molecule has 98 valence electrons. The van der Waals surface area contributed by atoms with Crippen molar-refractivity contribution in [1.29, 1.82) is 0 Å². The van der Waals surface area contributed by atoms with Crippen molar-refractivity contribution in [3.8, 4) is 11.4 Å². The molecule has 0 spiro atoms. The van der Waals surface area contributed by atoms with Gasteiger partial charge in [0.15, 0.2) is 0 Å². The molecule has 0 aliphatic carbocycles. The van der Waals surface area contributed by atoms with Gasteiger partial charge < -0.3 is 15.2 Å². The third-order valence-corrected chi connectivity index (χ3v) is 3.18. The number of hydrogen-bond donors (Lipinski definition) is 2. The van der Waals surface area contributed by atoms with Crippen LogP contribution in [0.2, 0.25) is 0 Å². The summed E-state index contributed by atoms with van der Waals surface area (Å²) in [5.41, 5.74) is 1.47. The van der Waals surface area contributed by atoms with E-state index in [1.165, 1.54) is 6.39 Å². The summed E-state index contributed by atoms with van der Waals surface area (Å²) in [4.78, 5) is 15.9. The maximum atomic E-state index is 11.9. The fraction of sp³-hybridized carbons (Fsp3) is 0.308. The highest BCUT2D eigenvalue weighted by Gasteiger charge is 2.17. The van der Waals surface area contributed by atoms with Gasteiger partial charge in [-0.15, -0.1) is 0 Å². The molecule has 0 unspecified atom stereocenters. The van der Waals surface area contributed by atoms with Gasteiger partial charge in [-0.1, -0.05) is 17.3 Å². The fourth-order valence-electron chi connectivity index (χ4n) is 1.90. The molecule has 19 heavy (non-hydrogen) atoms. The first kappa shape index (κ1) is 11.9. The summed E-state index contributed by atoms with van der Waals surface area (Å²) in [5, 5.41) is 9.85. The van der Waals surface area contributed by atoms with Crippen molar-refractivity contribution < 1.29 is 9.32 Å². The standard InChI is InChI=1S/C13H14N4O2/c18-13(15-7-9-5-14-6-9)11-3-1-10(2-4-11)12-16-8-19-17-12/h1-4,8-9,14H,5-7H2,(H,15,18). The van der Waals surface area contributed by atoms with Crippen molar-refractivity contribution >= 4 is 5.91 Å². The van der Waals surface area contributed by atoms with E-state index in [1.54, 1.807) is 12.1 Å². The molecule has 0 saturated carbocycles. The Labute approximate surface area is 110 Å². The first-order chi connectivity index (χ1) is 9.33. The van der Waals surface area contributed by atoms with E-state index < -0.39 is 0 Å². The van der Waals surface area contributed by atoms with Crippen molar-refractivity contribution in [2.45, 2.75) is 0 Å². The van der Waals surface area contributed by atoms with Crippen LogP contribution in [0.15, 0.2) is 35.2 Å². The minimum absolute atomic E-state index is 0.0495. The summed E-state index contributed by atoms with van der Waals surface area (Å²) in [6, 6.07) is 7.15. The first-order valence-corrected chi connectivity index (χ1v) is 6.18. The van der Waals surface area contributed by atoms with E-state index in [2.05, 4.69) is 25.3 Å². The van der Waals surface area contributed by atoms with Gasteiger partial charge in [-0.2, -0.15) is 4.98 Å². The summed E-state index contributed by atoms with van der Waals surface area (Å²) in [7, 11) is 0. The molecule has 2 heterocycles. The lowest BCUT2D eigenvalue weighted by atomic mass is 10.0. The number of carbonyl (C=O) groups is 1. The Balaban J connectivity index is 1.63. The predicted molar refractivity (Wildman–Crippen MR) is 68.4 cm³/mol. The topological polar surface area (TPSA) is 80.0 Å². The van der Waals surface area contributed by atoms with Crippen LogP contribution in [-0.4, -0.2) is 35.7 Å². The molecule has 2 N–H and O–H groups in total. The maximum Gasteiger partial charge on any atom is 0.251 e. The molecule has 1 aliphatic heterocycles. The Bertz CT molecular complexity index is 547. The molecular formula is C13H14N4O2. The average molecular weight is 258 g/mol. The molecule has 1 amide bonds. The highest BCUT2D eigenvalue weighted by atomic mass is 16.5. The second-order valence-corrected chi connectivity index (χ2v) is 4.57. The molecule has 3 rings (SSSR count). The summed E-state index contributed by atoms with van der Waals surface area (Å²) < 4.78 is 4.68. The number of nitrogens with zero attached hydrogens (tertiary/aromatic N) is 2. The van der Waals surface area contributed by atoms with Crippen LogP contribution in [0.4, 0.5) is 0 Å². The lowest BCUT2D eigenvalue weighted by Gasteiger charge is -2.27. The Kier molecular flexibility index (Phi) is 3.24. The number of hydrogen-bond acceptors (Lipinski definition) is 5. The molecule has 1 fully saturated rings. The van der Waals surface area contributed by atoms with E-state index in [4.69, 9.17) is 0 Å². The van der Waals surface area contributed by atoms with E-state index in [9.17, 15) is 4.79 Å². The lowest BCUT2D eigenvalue weighted by molar-refractivity contribution is 0.0942. The number of amides is 1. The van der Waals surface area contributed by atoms with Gasteiger partial charge in [-0.3, -0.25) is 4.79 Å². The van der Waals surface area contributed by atoms with E-state index in [-0.39, 0.29) is 5.91 Å². The van der Waals surface area contributed by atoms with Gasteiger partial charge in [-0.25, -0.2) is 0 Å². The van der Waals surface area contributed by atoms with Gasteiger partial charge in [0.2, 0.25) is 12.2 Å². The van der Waals surface area contributed by atoms with Crippen LogP contribution in [0.5, 0.6) is 0 Å². The molecule has 1 saturated heterocycles. The van der Waals surface area contributed by atoms with Crippen molar-refractivity contribution in [3.63, 3.8) is 0 Å². The van der Waals surface area contributed by atoms with Crippen molar-refractivity contribution in [2.75, 3.05) is 19.6 Å². The number of carbonyl (C=O) groups excluding carboxylic acids is 1. The normalized spacial score (nSPS) is 14.9. The van der Waals surface area contributed by atoms with Crippen molar-refractivity contribution in [2.24, 2.45) is 5.92 Å². The molecule has 6 nitrogen and oxygen atoms in total. The van der Waals surface area contributed by atoms with Crippen LogP contribution in [0.3, 0.4) is 0 Å². The molecular weight excluding hydrogens is 244 g/mol. The Morgan fingerprint density at radius 3 is 2.74 bits per heavy atom. The molecule has 1 aromatic carbocycles. The van der Waals surface area contributed by atoms with Crippen LogP contribution < -0.4 is 10.6 Å². The lowest BCUT2D eigenvalue weighted by Crippen LogP contribution is -2.48. The Morgan fingerprint density at radius 1 is 1.37 bits per heavy atom. The molecule has 1 aromatic heterocycles. The summed E-state index contributed by atoms with van der Waals surface area (Å²) in [5.74, 6) is 1.03. The van der Waals surface area contributed by atoms with Gasteiger partial charge in [0, 0.05) is 36.7 Å². The maximum absolute atomic E-state index is 11.9. The monoisotopic (exact) mass is 258 g/mol. The van der Waals surface area contributed by atoms with Crippen LogP contribution >= 0.6 is 0 Å². The molecule has 0 bridgehead atoms. The summed E-state index contributed by atoms with van der Waals surface area (Å²) in [6.45, 7) is 2.69. The van der Waals surface area contributed by atoms with Gasteiger partial charge in [0.25, 0.3) is 5.91 Å². The van der Waals surface area contributed by atoms with E-state index in [0.717, 1.165) is 25.2 Å². The van der Waals surface area contributed by atoms with E-state index in [1.807, 2.05) is 12.1 Å². The predicted octanol–water partition coefficient (Wildman–Crippen LogP) is 0.686. The van der Waals surface area contributed by atoms with Crippen LogP contribution in [0.25, 0.3) is 11.4 Å². The minimum atomic E-state index is -0.0495. The number of benzene rings is 1. The first-order valence-electron chi connectivity index (χ1n) is 6.18. The van der Waals surface area contributed by atoms with Crippen molar-refractivity contribution in [1.82, 2.24) is 20.8 Å². The highest BCUT2D eigenvalue weighted by Crippen LogP contribution is 2.15. The highest BCUT2D eigenvalue weighted by molar-refractivity contribution is 5.94. The minimum Gasteiger partial charge on any atom is -0.352 e. The van der Waals surface area contributed by atoms with Crippen molar-refractivity contribution in [3.05, 3.63) is 36.2 Å².